The van der Waals surface area contributed by atoms with Crippen molar-refractivity contribution in [3.05, 3.63) is 70.3 Å². The minimum absolute atomic E-state index is 0. The Morgan fingerprint density at radius 2 is 1.82 bits per heavy atom. The SMILES string of the molecule is CC1(C)CN(C[C@H](O)[C@H]2Cc3ccccc3CN2)C(=O)c2ccc(C(=O)N3CCC4(CC3)CNC4)cc21.Cl. The number of hydrogen-bond donors (Lipinski definition) is 3. The van der Waals surface area contributed by atoms with Crippen molar-refractivity contribution in [3.63, 3.8) is 0 Å². The Morgan fingerprint density at radius 1 is 1.11 bits per heavy atom. The van der Waals surface area contributed by atoms with Gasteiger partial charge in [-0.15, -0.1) is 12.4 Å². The highest BCUT2D eigenvalue weighted by Gasteiger charge is 2.42. The molecular weight excluding hydrogens is 500 g/mol. The number of carbonyl (C=O) groups excluding carboxylic acids is 2. The third-order valence-corrected chi connectivity index (χ3v) is 9.20. The quantitative estimate of drug-likeness (QED) is 0.557. The van der Waals surface area contributed by atoms with Crippen molar-refractivity contribution < 1.29 is 14.7 Å². The van der Waals surface area contributed by atoms with E-state index in [1.165, 1.54) is 11.1 Å². The molecule has 2 aromatic rings. The smallest absolute Gasteiger partial charge is 0.254 e. The summed E-state index contributed by atoms with van der Waals surface area (Å²) in [6.45, 7) is 9.49. The Hall–Kier alpha value is -2.45. The monoisotopic (exact) mass is 538 g/mol. The Morgan fingerprint density at radius 3 is 2.50 bits per heavy atom. The van der Waals surface area contributed by atoms with Crippen molar-refractivity contribution in [2.24, 2.45) is 5.41 Å². The highest BCUT2D eigenvalue weighted by molar-refractivity contribution is 6.00. The first-order valence-electron chi connectivity index (χ1n) is 13.7. The van der Waals surface area contributed by atoms with E-state index in [9.17, 15) is 14.7 Å². The molecule has 1 spiro atoms. The van der Waals surface area contributed by atoms with Gasteiger partial charge in [0.25, 0.3) is 11.8 Å². The van der Waals surface area contributed by atoms with Gasteiger partial charge in [0, 0.05) is 68.4 Å². The molecule has 3 N–H and O–H groups in total. The number of β-amino-alcohol motifs (C(OH)–C–C–N with tert-alkyl or cyclic N) is 1. The van der Waals surface area contributed by atoms with Crippen LogP contribution in [0.1, 0.15) is 64.1 Å². The fraction of sp³-hybridized carbons (Fsp3) is 0.533. The van der Waals surface area contributed by atoms with Crippen LogP contribution in [0.3, 0.4) is 0 Å². The van der Waals surface area contributed by atoms with E-state index < -0.39 is 6.10 Å². The highest BCUT2D eigenvalue weighted by Crippen LogP contribution is 2.37. The predicted octanol–water partition coefficient (Wildman–Crippen LogP) is 2.74. The zero-order chi connectivity index (χ0) is 25.8. The molecule has 0 saturated carbocycles. The lowest BCUT2D eigenvalue weighted by Crippen LogP contribution is -2.58. The number of halogens is 1. The lowest BCUT2D eigenvalue weighted by atomic mass is 9.73. The summed E-state index contributed by atoms with van der Waals surface area (Å²) in [6, 6.07) is 13.8. The first kappa shape index (κ1) is 27.1. The number of aliphatic hydroxyl groups excluding tert-OH is 1. The summed E-state index contributed by atoms with van der Waals surface area (Å²) in [4.78, 5) is 30.6. The van der Waals surface area contributed by atoms with Gasteiger partial charge in [-0.25, -0.2) is 0 Å². The number of nitrogens with one attached hydrogen (secondary N) is 2. The maximum Gasteiger partial charge on any atom is 0.254 e. The number of likely N-dealkylation sites (tertiary alicyclic amines) is 1. The number of hydrogen-bond acceptors (Lipinski definition) is 5. The van der Waals surface area contributed by atoms with Crippen molar-refractivity contribution in [1.82, 2.24) is 20.4 Å². The van der Waals surface area contributed by atoms with Crippen LogP contribution < -0.4 is 10.6 Å². The molecule has 2 saturated heterocycles. The normalized spacial score (nSPS) is 24.1. The average Bonchev–Trinajstić information content (AvgIpc) is 2.89. The van der Waals surface area contributed by atoms with Crippen LogP contribution in [0.4, 0.5) is 0 Å². The van der Waals surface area contributed by atoms with Gasteiger partial charge < -0.3 is 25.5 Å². The topological polar surface area (TPSA) is 84.9 Å². The molecule has 0 unspecified atom stereocenters. The van der Waals surface area contributed by atoms with Crippen LogP contribution in [0.25, 0.3) is 0 Å². The molecule has 7 nitrogen and oxygen atoms in total. The first-order chi connectivity index (χ1) is 17.7. The lowest BCUT2D eigenvalue weighted by Gasteiger charge is -2.48. The Bertz CT molecular complexity index is 1220. The molecule has 4 heterocycles. The summed E-state index contributed by atoms with van der Waals surface area (Å²) in [5, 5.41) is 17.9. The molecule has 4 aliphatic rings. The average molecular weight is 539 g/mol. The van der Waals surface area contributed by atoms with Crippen molar-refractivity contribution in [2.75, 3.05) is 39.3 Å². The van der Waals surface area contributed by atoms with Crippen LogP contribution >= 0.6 is 12.4 Å². The van der Waals surface area contributed by atoms with E-state index >= 15 is 0 Å². The van der Waals surface area contributed by atoms with E-state index in [-0.39, 0.29) is 42.2 Å². The van der Waals surface area contributed by atoms with Gasteiger partial charge in [-0.3, -0.25) is 9.59 Å². The van der Waals surface area contributed by atoms with E-state index in [0.29, 0.717) is 23.1 Å². The molecule has 0 aliphatic carbocycles. The van der Waals surface area contributed by atoms with Gasteiger partial charge in [0.2, 0.25) is 0 Å². The maximum atomic E-state index is 13.5. The van der Waals surface area contributed by atoms with E-state index in [1.54, 1.807) is 4.90 Å². The molecule has 2 aromatic carbocycles. The number of amides is 2. The van der Waals surface area contributed by atoms with Crippen LogP contribution in [-0.4, -0.2) is 78.1 Å². The van der Waals surface area contributed by atoms with Gasteiger partial charge in [-0.05, 0) is 59.6 Å². The van der Waals surface area contributed by atoms with Crippen LogP contribution in [0.15, 0.2) is 42.5 Å². The molecule has 2 atom stereocenters. The van der Waals surface area contributed by atoms with Gasteiger partial charge in [-0.2, -0.15) is 0 Å². The van der Waals surface area contributed by atoms with E-state index in [1.807, 2.05) is 35.2 Å². The summed E-state index contributed by atoms with van der Waals surface area (Å²) in [7, 11) is 0. The van der Waals surface area contributed by atoms with E-state index in [4.69, 9.17) is 0 Å². The molecule has 2 fully saturated rings. The largest absolute Gasteiger partial charge is 0.390 e. The standard InChI is InChI=1S/C30H38N4O3.ClH/c1-29(2)19-34(16-26(35)25-14-20-5-3-4-6-22(20)15-32-25)28(37)23-8-7-21(13-24(23)29)27(36)33-11-9-30(10-12-33)17-31-18-30;/h3-8,13,25-26,31-32,35H,9-12,14-19H2,1-2H3;1H/t25-,26+;/m1./s1. The molecule has 38 heavy (non-hydrogen) atoms. The predicted molar refractivity (Wildman–Crippen MR) is 150 cm³/mol. The fourth-order valence-corrected chi connectivity index (χ4v) is 6.68. The summed E-state index contributed by atoms with van der Waals surface area (Å²) in [6.07, 6.45) is 2.20. The van der Waals surface area contributed by atoms with Gasteiger partial charge in [0.1, 0.15) is 0 Å². The van der Waals surface area contributed by atoms with Crippen LogP contribution in [0.5, 0.6) is 0 Å². The third kappa shape index (κ3) is 4.86. The molecule has 6 rings (SSSR count). The van der Waals surface area contributed by atoms with Gasteiger partial charge in [0.15, 0.2) is 0 Å². The second-order valence-corrected chi connectivity index (χ2v) is 12.3. The second kappa shape index (κ2) is 10.3. The number of carbonyl (C=O) groups is 2. The lowest BCUT2D eigenvalue weighted by molar-refractivity contribution is 0.0411. The van der Waals surface area contributed by atoms with Gasteiger partial charge in [-0.1, -0.05) is 38.1 Å². The summed E-state index contributed by atoms with van der Waals surface area (Å²) >= 11 is 0. The summed E-state index contributed by atoms with van der Waals surface area (Å²) < 4.78 is 0. The van der Waals surface area contributed by atoms with Gasteiger partial charge >= 0.3 is 0 Å². The van der Waals surface area contributed by atoms with Crippen LogP contribution in [0.2, 0.25) is 0 Å². The molecular formula is C30H39ClN4O3. The number of fused-ring (bicyclic) bond motifs is 2. The molecule has 4 aliphatic heterocycles. The number of rotatable bonds is 4. The van der Waals surface area contributed by atoms with Gasteiger partial charge in [0.05, 0.1) is 6.10 Å². The minimum atomic E-state index is -0.663. The summed E-state index contributed by atoms with van der Waals surface area (Å²) in [5.41, 5.74) is 4.83. The molecule has 0 bridgehead atoms. The molecule has 0 aromatic heterocycles. The highest BCUT2D eigenvalue weighted by atomic mass is 35.5. The van der Waals surface area contributed by atoms with Crippen LogP contribution in [-0.2, 0) is 18.4 Å². The first-order valence-corrected chi connectivity index (χ1v) is 13.7. The minimum Gasteiger partial charge on any atom is -0.390 e. The third-order valence-electron chi connectivity index (χ3n) is 9.20. The Balaban J connectivity index is 0.00000294. The second-order valence-electron chi connectivity index (χ2n) is 12.3. The van der Waals surface area contributed by atoms with E-state index in [2.05, 4.69) is 36.6 Å². The fourth-order valence-electron chi connectivity index (χ4n) is 6.68. The molecule has 0 radical (unpaired) electrons. The molecule has 8 heteroatoms. The Kier molecular flexibility index (Phi) is 7.33. The van der Waals surface area contributed by atoms with Crippen molar-refractivity contribution in [2.45, 2.75) is 57.2 Å². The maximum absolute atomic E-state index is 13.5. The zero-order valence-corrected chi connectivity index (χ0v) is 23.2. The van der Waals surface area contributed by atoms with E-state index in [0.717, 1.165) is 57.5 Å². The number of piperidine rings is 1. The van der Waals surface area contributed by atoms with Crippen molar-refractivity contribution >= 4 is 24.2 Å². The number of benzene rings is 2. The number of nitrogens with zero attached hydrogens (tertiary/aromatic N) is 2. The van der Waals surface area contributed by atoms with Crippen molar-refractivity contribution in [1.29, 1.82) is 0 Å². The zero-order valence-electron chi connectivity index (χ0n) is 22.3. The van der Waals surface area contributed by atoms with Crippen LogP contribution in [0, 0.1) is 5.41 Å². The molecule has 204 valence electrons. The summed E-state index contributed by atoms with van der Waals surface area (Å²) in [5.74, 6) is -0.00401. The number of aliphatic hydroxyl groups is 1. The Labute approximate surface area is 231 Å². The van der Waals surface area contributed by atoms with Crippen molar-refractivity contribution in [3.8, 4) is 0 Å². The molecule has 2 amide bonds.